The van der Waals surface area contributed by atoms with Gasteiger partial charge in [0, 0.05) is 5.92 Å². The maximum absolute atomic E-state index is 12.4. The summed E-state index contributed by atoms with van der Waals surface area (Å²) in [7, 11) is 0. The van der Waals surface area contributed by atoms with Crippen molar-refractivity contribution in [2.45, 2.75) is 12.3 Å². The van der Waals surface area contributed by atoms with Gasteiger partial charge in [0.15, 0.2) is 6.17 Å². The van der Waals surface area contributed by atoms with Crippen LogP contribution >= 0.6 is 0 Å². The van der Waals surface area contributed by atoms with Crippen LogP contribution in [0.4, 0.5) is 4.39 Å². The molecule has 0 saturated heterocycles. The maximum atomic E-state index is 12.4. The van der Waals surface area contributed by atoms with Crippen LogP contribution in [0.3, 0.4) is 0 Å². The van der Waals surface area contributed by atoms with E-state index in [2.05, 4.69) is 0 Å². The first-order valence-corrected chi connectivity index (χ1v) is 3.44. The predicted octanol–water partition coefficient (Wildman–Crippen LogP) is 2.68. The average molecular weight is 135 g/mol. The van der Waals surface area contributed by atoms with Crippen LogP contribution in [0.1, 0.15) is 17.9 Å². The normalized spacial score (nSPS) is 24.7. The Balaban J connectivity index is 2.20. The van der Waals surface area contributed by atoms with Gasteiger partial charge in [0.1, 0.15) is 0 Å². The lowest BCUT2D eigenvalue weighted by Gasteiger charge is -1.92. The highest BCUT2D eigenvalue weighted by molar-refractivity contribution is 5.32. The molecule has 0 bridgehead atoms. The Kier molecular flexibility index (Phi) is 1.23. The first-order chi connectivity index (χ1) is 4.88. The van der Waals surface area contributed by atoms with Gasteiger partial charge in [0.25, 0.3) is 0 Å². The number of benzene rings is 1. The van der Waals surface area contributed by atoms with Crippen molar-refractivity contribution in [3.8, 4) is 0 Å². The molecule has 51 valence electrons. The van der Waals surface area contributed by atoms with Crippen LogP contribution in [0.2, 0.25) is 0 Å². The Hall–Kier alpha value is -0.850. The third kappa shape index (κ3) is 0.919. The largest absolute Gasteiger partial charge is 0.240 e. The van der Waals surface area contributed by atoms with Gasteiger partial charge in [-0.2, -0.15) is 0 Å². The Morgan fingerprint density at radius 2 is 1.80 bits per heavy atom. The van der Waals surface area contributed by atoms with Crippen molar-refractivity contribution in [3.05, 3.63) is 42.1 Å². The molecule has 0 N–H and O–H groups in total. The number of rotatable bonds is 1. The van der Waals surface area contributed by atoms with E-state index < -0.39 is 0 Å². The molecule has 2 rings (SSSR count). The molecule has 1 aliphatic rings. The summed E-state index contributed by atoms with van der Waals surface area (Å²) in [5.74, 6) is 0.126. The van der Waals surface area contributed by atoms with Crippen molar-refractivity contribution in [1.82, 2.24) is 0 Å². The molecular formula is C9H8F. The Morgan fingerprint density at radius 3 is 2.30 bits per heavy atom. The van der Waals surface area contributed by atoms with Crippen molar-refractivity contribution < 1.29 is 4.39 Å². The lowest BCUT2D eigenvalue weighted by molar-refractivity contribution is 0.587. The van der Waals surface area contributed by atoms with Gasteiger partial charge in [0.2, 0.25) is 0 Å². The van der Waals surface area contributed by atoms with Gasteiger partial charge in [-0.25, -0.2) is 4.39 Å². The van der Waals surface area contributed by atoms with E-state index in [1.807, 2.05) is 30.3 Å². The van der Waals surface area contributed by atoms with Gasteiger partial charge in [0.05, 0.1) is 0 Å². The fraction of sp³-hybridized carbons (Fsp3) is 0.222. The predicted molar refractivity (Wildman–Crippen MR) is 38.2 cm³/mol. The zero-order valence-electron chi connectivity index (χ0n) is 5.55. The number of hydrogen-bond donors (Lipinski definition) is 0. The molecule has 10 heavy (non-hydrogen) atoms. The highest BCUT2D eigenvalue weighted by atomic mass is 19.1. The molecule has 1 fully saturated rings. The second-order valence-corrected chi connectivity index (χ2v) is 2.61. The summed E-state index contributed by atoms with van der Waals surface area (Å²) in [5, 5.41) is 0. The van der Waals surface area contributed by atoms with Gasteiger partial charge in [-0.3, -0.25) is 0 Å². The SMILES string of the molecule is F[C]1CC1c1ccccc1. The van der Waals surface area contributed by atoms with Crippen molar-refractivity contribution in [1.29, 1.82) is 0 Å². The van der Waals surface area contributed by atoms with Crippen LogP contribution in [0.15, 0.2) is 30.3 Å². The molecule has 1 atom stereocenters. The Bertz CT molecular complexity index is 217. The van der Waals surface area contributed by atoms with E-state index in [0.29, 0.717) is 6.42 Å². The van der Waals surface area contributed by atoms with Crippen LogP contribution in [0, 0.1) is 6.17 Å². The van der Waals surface area contributed by atoms with Crippen LogP contribution in [0.5, 0.6) is 0 Å². The topological polar surface area (TPSA) is 0 Å². The molecule has 0 nitrogen and oxygen atoms in total. The molecule has 1 heteroatoms. The third-order valence-electron chi connectivity index (χ3n) is 1.82. The first-order valence-electron chi connectivity index (χ1n) is 3.44. The minimum absolute atomic E-state index is 0.126. The van der Waals surface area contributed by atoms with Crippen LogP contribution in [-0.4, -0.2) is 0 Å². The molecule has 1 saturated carbocycles. The van der Waals surface area contributed by atoms with Crippen LogP contribution < -0.4 is 0 Å². The number of hydrogen-bond acceptors (Lipinski definition) is 0. The first kappa shape index (κ1) is 5.90. The molecular weight excluding hydrogens is 127 g/mol. The Labute approximate surface area is 59.7 Å². The molecule has 1 aromatic carbocycles. The highest BCUT2D eigenvalue weighted by Gasteiger charge is 2.39. The standard InChI is InChI=1S/C9H8F/c10-9-6-8(9)7-4-2-1-3-5-7/h1-5,8H,6H2. The van der Waals surface area contributed by atoms with Crippen molar-refractivity contribution in [2.75, 3.05) is 0 Å². The molecule has 0 aliphatic heterocycles. The van der Waals surface area contributed by atoms with Gasteiger partial charge in [-0.05, 0) is 12.0 Å². The molecule has 0 spiro atoms. The summed E-state index contributed by atoms with van der Waals surface area (Å²) < 4.78 is 12.4. The highest BCUT2D eigenvalue weighted by Crippen LogP contribution is 2.50. The summed E-state index contributed by atoms with van der Waals surface area (Å²) in [6.45, 7) is 0. The van der Waals surface area contributed by atoms with Crippen LogP contribution in [0.25, 0.3) is 0 Å². The summed E-state index contributed by atoms with van der Waals surface area (Å²) in [5.41, 5.74) is 1.11. The summed E-state index contributed by atoms with van der Waals surface area (Å²) in [6.07, 6.45) is 0.774. The average Bonchev–Trinajstić information content (AvgIpc) is 2.69. The van der Waals surface area contributed by atoms with Gasteiger partial charge in [-0.15, -0.1) is 0 Å². The zero-order valence-corrected chi connectivity index (χ0v) is 5.55. The van der Waals surface area contributed by atoms with E-state index in [9.17, 15) is 4.39 Å². The lowest BCUT2D eigenvalue weighted by Crippen LogP contribution is -1.76. The summed E-state index contributed by atoms with van der Waals surface area (Å²) in [4.78, 5) is 0. The number of halogens is 1. The molecule has 0 heterocycles. The van der Waals surface area contributed by atoms with Crippen molar-refractivity contribution in [3.63, 3.8) is 0 Å². The fourth-order valence-corrected chi connectivity index (χ4v) is 1.12. The third-order valence-corrected chi connectivity index (χ3v) is 1.82. The molecule has 0 amide bonds. The van der Waals surface area contributed by atoms with E-state index in [1.54, 1.807) is 0 Å². The Morgan fingerprint density at radius 1 is 1.20 bits per heavy atom. The van der Waals surface area contributed by atoms with E-state index >= 15 is 0 Å². The summed E-state index contributed by atoms with van der Waals surface area (Å²) in [6, 6.07) is 9.78. The van der Waals surface area contributed by atoms with E-state index in [1.165, 1.54) is 0 Å². The second kappa shape index (κ2) is 2.08. The van der Waals surface area contributed by atoms with E-state index in [-0.39, 0.29) is 12.1 Å². The van der Waals surface area contributed by atoms with Gasteiger partial charge >= 0.3 is 0 Å². The molecule has 1 radical (unpaired) electrons. The van der Waals surface area contributed by atoms with Gasteiger partial charge < -0.3 is 0 Å². The second-order valence-electron chi connectivity index (χ2n) is 2.61. The van der Waals surface area contributed by atoms with Crippen molar-refractivity contribution >= 4 is 0 Å². The lowest BCUT2D eigenvalue weighted by atomic mass is 10.1. The summed E-state index contributed by atoms with van der Waals surface area (Å²) >= 11 is 0. The quantitative estimate of drug-likeness (QED) is 0.555. The monoisotopic (exact) mass is 135 g/mol. The molecule has 1 unspecified atom stereocenters. The van der Waals surface area contributed by atoms with E-state index in [4.69, 9.17) is 0 Å². The minimum atomic E-state index is 0.126. The van der Waals surface area contributed by atoms with Crippen molar-refractivity contribution in [2.24, 2.45) is 0 Å². The fourth-order valence-electron chi connectivity index (χ4n) is 1.12. The molecule has 1 aliphatic carbocycles. The van der Waals surface area contributed by atoms with Gasteiger partial charge in [-0.1, -0.05) is 30.3 Å². The van der Waals surface area contributed by atoms with Crippen LogP contribution in [-0.2, 0) is 0 Å². The smallest absolute Gasteiger partial charge is 0.153 e. The maximum Gasteiger partial charge on any atom is 0.153 e. The zero-order chi connectivity index (χ0) is 6.97. The van der Waals surface area contributed by atoms with E-state index in [0.717, 1.165) is 5.56 Å². The minimum Gasteiger partial charge on any atom is -0.240 e. The molecule has 1 aromatic rings. The molecule has 0 aromatic heterocycles.